The molecule has 13 heavy (non-hydrogen) atoms. The van der Waals surface area contributed by atoms with E-state index in [-0.39, 0.29) is 0 Å². The summed E-state index contributed by atoms with van der Waals surface area (Å²) in [6, 6.07) is 5.59. The van der Waals surface area contributed by atoms with E-state index in [4.69, 9.17) is 17.3 Å². The standard InChI is InChI=1S/C10H12ClNS/c1-2-3-6-13-10-5-4-8(12)7-9(10)11/h2-5,7H,6,12H2,1H3/b3-2+. The van der Waals surface area contributed by atoms with Gasteiger partial charge in [-0.15, -0.1) is 11.8 Å². The molecule has 1 rings (SSSR count). The van der Waals surface area contributed by atoms with E-state index in [0.717, 1.165) is 15.7 Å². The third-order valence-electron chi connectivity index (χ3n) is 1.53. The maximum atomic E-state index is 5.98. The number of allylic oxidation sites excluding steroid dienone is 1. The molecule has 0 aliphatic carbocycles. The van der Waals surface area contributed by atoms with E-state index in [1.165, 1.54) is 0 Å². The molecule has 0 heterocycles. The Morgan fingerprint density at radius 1 is 1.54 bits per heavy atom. The average Bonchev–Trinajstić information content (AvgIpc) is 2.09. The fourth-order valence-corrected chi connectivity index (χ4v) is 2.05. The molecule has 0 atom stereocenters. The summed E-state index contributed by atoms with van der Waals surface area (Å²) in [5.74, 6) is 0.945. The van der Waals surface area contributed by atoms with Crippen LogP contribution in [0.15, 0.2) is 35.2 Å². The van der Waals surface area contributed by atoms with Gasteiger partial charge in [-0.25, -0.2) is 0 Å². The highest BCUT2D eigenvalue weighted by Crippen LogP contribution is 2.28. The second kappa shape index (κ2) is 5.20. The number of thioether (sulfide) groups is 1. The number of rotatable bonds is 3. The van der Waals surface area contributed by atoms with Crippen LogP contribution in [0.25, 0.3) is 0 Å². The zero-order valence-electron chi connectivity index (χ0n) is 7.46. The lowest BCUT2D eigenvalue weighted by Crippen LogP contribution is -1.84. The van der Waals surface area contributed by atoms with Gasteiger partial charge in [0, 0.05) is 16.3 Å². The minimum absolute atomic E-state index is 0.709. The molecule has 0 radical (unpaired) electrons. The van der Waals surface area contributed by atoms with Crippen molar-refractivity contribution in [1.29, 1.82) is 0 Å². The van der Waals surface area contributed by atoms with Crippen molar-refractivity contribution in [3.8, 4) is 0 Å². The number of halogens is 1. The summed E-state index contributed by atoms with van der Waals surface area (Å²) in [6.45, 7) is 2.01. The molecule has 1 aromatic rings. The van der Waals surface area contributed by atoms with E-state index in [1.807, 2.05) is 25.1 Å². The highest BCUT2D eigenvalue weighted by atomic mass is 35.5. The summed E-state index contributed by atoms with van der Waals surface area (Å²) in [5, 5.41) is 0.731. The Morgan fingerprint density at radius 2 is 2.31 bits per heavy atom. The van der Waals surface area contributed by atoms with E-state index in [0.29, 0.717) is 5.69 Å². The molecule has 1 nitrogen and oxygen atoms in total. The Bertz CT molecular complexity index is 310. The molecule has 0 aromatic heterocycles. The van der Waals surface area contributed by atoms with Gasteiger partial charge < -0.3 is 5.73 Å². The van der Waals surface area contributed by atoms with Crippen LogP contribution in [0, 0.1) is 0 Å². The van der Waals surface area contributed by atoms with E-state index < -0.39 is 0 Å². The molecular formula is C10H12ClNS. The zero-order chi connectivity index (χ0) is 9.68. The number of nitrogen functional groups attached to an aromatic ring is 1. The lowest BCUT2D eigenvalue weighted by molar-refractivity contribution is 1.46. The molecule has 0 unspecified atom stereocenters. The van der Waals surface area contributed by atoms with Crippen LogP contribution in [0.3, 0.4) is 0 Å². The van der Waals surface area contributed by atoms with E-state index in [1.54, 1.807) is 17.8 Å². The SMILES string of the molecule is C/C=C/CSc1ccc(N)cc1Cl. The third kappa shape index (κ3) is 3.33. The van der Waals surface area contributed by atoms with Gasteiger partial charge in [-0.3, -0.25) is 0 Å². The van der Waals surface area contributed by atoms with Crippen molar-refractivity contribution in [2.24, 2.45) is 0 Å². The molecule has 0 bridgehead atoms. The van der Waals surface area contributed by atoms with E-state index >= 15 is 0 Å². The summed E-state index contributed by atoms with van der Waals surface area (Å²) in [6.07, 6.45) is 4.12. The normalized spacial score (nSPS) is 10.9. The van der Waals surface area contributed by atoms with Crippen LogP contribution in [-0.4, -0.2) is 5.75 Å². The maximum absolute atomic E-state index is 5.98. The lowest BCUT2D eigenvalue weighted by Gasteiger charge is -2.02. The van der Waals surface area contributed by atoms with Crippen LogP contribution in [0.5, 0.6) is 0 Å². The first-order valence-corrected chi connectivity index (χ1v) is 5.39. The van der Waals surface area contributed by atoms with Gasteiger partial charge >= 0.3 is 0 Å². The highest BCUT2D eigenvalue weighted by Gasteiger charge is 1.99. The average molecular weight is 214 g/mol. The third-order valence-corrected chi connectivity index (χ3v) is 2.98. The Labute approximate surface area is 88.0 Å². The van der Waals surface area contributed by atoms with Gasteiger partial charge in [0.2, 0.25) is 0 Å². The minimum Gasteiger partial charge on any atom is -0.399 e. The van der Waals surface area contributed by atoms with Gasteiger partial charge in [0.05, 0.1) is 5.02 Å². The maximum Gasteiger partial charge on any atom is 0.0562 e. The number of nitrogens with two attached hydrogens (primary N) is 1. The quantitative estimate of drug-likeness (QED) is 0.472. The van der Waals surface area contributed by atoms with E-state index in [9.17, 15) is 0 Å². The Hall–Kier alpha value is -0.600. The van der Waals surface area contributed by atoms with Crippen molar-refractivity contribution in [3.63, 3.8) is 0 Å². The van der Waals surface area contributed by atoms with Crippen LogP contribution >= 0.6 is 23.4 Å². The smallest absolute Gasteiger partial charge is 0.0562 e. The molecule has 0 spiro atoms. The number of anilines is 1. The molecule has 70 valence electrons. The van der Waals surface area contributed by atoms with Crippen LogP contribution in [0.2, 0.25) is 5.02 Å². The predicted octanol–water partition coefficient (Wildman–Crippen LogP) is 3.59. The van der Waals surface area contributed by atoms with Gasteiger partial charge in [-0.2, -0.15) is 0 Å². The topological polar surface area (TPSA) is 26.0 Å². The minimum atomic E-state index is 0.709. The monoisotopic (exact) mass is 213 g/mol. The van der Waals surface area contributed by atoms with Crippen molar-refractivity contribution in [2.45, 2.75) is 11.8 Å². The summed E-state index contributed by atoms with van der Waals surface area (Å²) in [7, 11) is 0. The summed E-state index contributed by atoms with van der Waals surface area (Å²) in [4.78, 5) is 1.08. The molecule has 0 saturated heterocycles. The Morgan fingerprint density at radius 3 is 2.92 bits per heavy atom. The Balaban J connectivity index is 2.66. The lowest BCUT2D eigenvalue weighted by atomic mass is 10.3. The van der Waals surface area contributed by atoms with Gasteiger partial charge in [0.15, 0.2) is 0 Å². The molecular weight excluding hydrogens is 202 g/mol. The van der Waals surface area contributed by atoms with Crippen molar-refractivity contribution in [2.75, 3.05) is 11.5 Å². The predicted molar refractivity (Wildman–Crippen MR) is 61.4 cm³/mol. The number of hydrogen-bond acceptors (Lipinski definition) is 2. The van der Waals surface area contributed by atoms with Gasteiger partial charge in [0.25, 0.3) is 0 Å². The molecule has 0 fully saturated rings. The second-order valence-electron chi connectivity index (χ2n) is 2.57. The molecule has 2 N–H and O–H groups in total. The molecule has 0 amide bonds. The second-order valence-corrected chi connectivity index (χ2v) is 4.04. The molecule has 0 aliphatic heterocycles. The molecule has 0 aliphatic rings. The first kappa shape index (κ1) is 10.5. The largest absolute Gasteiger partial charge is 0.399 e. The van der Waals surface area contributed by atoms with Crippen molar-refractivity contribution in [1.82, 2.24) is 0 Å². The summed E-state index contributed by atoms with van der Waals surface area (Å²) < 4.78 is 0. The van der Waals surface area contributed by atoms with E-state index in [2.05, 4.69) is 6.08 Å². The zero-order valence-corrected chi connectivity index (χ0v) is 9.03. The van der Waals surface area contributed by atoms with Crippen molar-refractivity contribution in [3.05, 3.63) is 35.4 Å². The Kier molecular flexibility index (Phi) is 4.19. The fourth-order valence-electron chi connectivity index (χ4n) is 0.868. The van der Waals surface area contributed by atoms with Crippen LogP contribution in [-0.2, 0) is 0 Å². The molecule has 3 heteroatoms. The van der Waals surface area contributed by atoms with Crippen molar-refractivity contribution >= 4 is 29.1 Å². The highest BCUT2D eigenvalue weighted by molar-refractivity contribution is 7.99. The summed E-state index contributed by atoms with van der Waals surface area (Å²) in [5.41, 5.74) is 6.28. The number of hydrogen-bond donors (Lipinski definition) is 1. The summed E-state index contributed by atoms with van der Waals surface area (Å²) >= 11 is 7.69. The van der Waals surface area contributed by atoms with Crippen molar-refractivity contribution < 1.29 is 0 Å². The van der Waals surface area contributed by atoms with Crippen LogP contribution < -0.4 is 5.73 Å². The number of benzene rings is 1. The van der Waals surface area contributed by atoms with Gasteiger partial charge in [-0.05, 0) is 25.1 Å². The van der Waals surface area contributed by atoms with Crippen LogP contribution in [0.4, 0.5) is 5.69 Å². The van der Waals surface area contributed by atoms with Gasteiger partial charge in [0.1, 0.15) is 0 Å². The first-order valence-electron chi connectivity index (χ1n) is 4.03. The van der Waals surface area contributed by atoms with Gasteiger partial charge in [-0.1, -0.05) is 23.8 Å². The first-order chi connectivity index (χ1) is 6.24. The van der Waals surface area contributed by atoms with Crippen LogP contribution in [0.1, 0.15) is 6.92 Å². The molecule has 1 aromatic carbocycles. The fraction of sp³-hybridized carbons (Fsp3) is 0.200. The molecule has 0 saturated carbocycles.